The molecule has 0 radical (unpaired) electrons. The van der Waals surface area contributed by atoms with Gasteiger partial charge in [-0.15, -0.1) is 0 Å². The van der Waals surface area contributed by atoms with Gasteiger partial charge in [-0.3, -0.25) is 14.9 Å². The van der Waals surface area contributed by atoms with Crippen molar-refractivity contribution in [1.82, 2.24) is 4.90 Å². The molecule has 24 heavy (non-hydrogen) atoms. The van der Waals surface area contributed by atoms with Crippen molar-refractivity contribution in [2.45, 2.75) is 25.6 Å². The molecule has 2 N–H and O–H groups in total. The van der Waals surface area contributed by atoms with Gasteiger partial charge in [-0.2, -0.15) is 13.2 Å². The average Bonchev–Trinajstić information content (AvgIpc) is 2.46. The zero-order valence-electron chi connectivity index (χ0n) is 13.1. The van der Waals surface area contributed by atoms with Crippen molar-refractivity contribution in [2.75, 3.05) is 25.5 Å². The molecule has 0 aliphatic carbocycles. The maximum absolute atomic E-state index is 12.2. The highest BCUT2D eigenvalue weighted by Crippen LogP contribution is 2.22. The molecule has 0 heterocycles. The Morgan fingerprint density at radius 3 is 2.62 bits per heavy atom. The lowest BCUT2D eigenvalue weighted by Crippen LogP contribution is -2.40. The van der Waals surface area contributed by atoms with Gasteiger partial charge in [0.15, 0.2) is 6.10 Å². The zero-order valence-corrected chi connectivity index (χ0v) is 13.1. The van der Waals surface area contributed by atoms with Gasteiger partial charge in [-0.1, -0.05) is 6.07 Å². The van der Waals surface area contributed by atoms with Crippen LogP contribution in [0.4, 0.5) is 24.5 Å². The quantitative estimate of drug-likeness (QED) is 0.580. The number of amides is 1. The van der Waals surface area contributed by atoms with E-state index >= 15 is 0 Å². The maximum atomic E-state index is 12.2. The SMILES string of the molecule is Cc1ccc([N+](=O)[O-])cc1NC(=O)CCN(C)CC(O)C(F)(F)F. The summed E-state index contributed by atoms with van der Waals surface area (Å²) in [5.41, 5.74) is 0.711. The summed E-state index contributed by atoms with van der Waals surface area (Å²) >= 11 is 0. The van der Waals surface area contributed by atoms with Gasteiger partial charge in [0.25, 0.3) is 5.69 Å². The average molecular weight is 349 g/mol. The Hall–Kier alpha value is -2.20. The molecule has 1 aromatic carbocycles. The minimum Gasteiger partial charge on any atom is -0.382 e. The number of nitrogens with one attached hydrogen (secondary N) is 1. The van der Waals surface area contributed by atoms with E-state index in [1.807, 2.05) is 0 Å². The van der Waals surface area contributed by atoms with E-state index in [-0.39, 0.29) is 24.3 Å². The number of aliphatic hydroxyl groups is 1. The lowest BCUT2D eigenvalue weighted by molar-refractivity contribution is -0.384. The van der Waals surface area contributed by atoms with Crippen LogP contribution >= 0.6 is 0 Å². The van der Waals surface area contributed by atoms with E-state index in [4.69, 9.17) is 5.11 Å². The number of alkyl halides is 3. The standard InChI is InChI=1S/C14H18F3N3O4/c1-9-3-4-10(20(23)24)7-11(9)18-13(22)5-6-19(2)8-12(21)14(15,16)17/h3-4,7,12,21H,5-6,8H2,1-2H3,(H,18,22). The fourth-order valence-electron chi connectivity index (χ4n) is 1.85. The van der Waals surface area contributed by atoms with Crippen molar-refractivity contribution in [2.24, 2.45) is 0 Å². The maximum Gasteiger partial charge on any atom is 0.415 e. The van der Waals surface area contributed by atoms with Gasteiger partial charge in [-0.05, 0) is 19.5 Å². The summed E-state index contributed by atoms with van der Waals surface area (Å²) in [6.07, 6.45) is -7.32. The smallest absolute Gasteiger partial charge is 0.382 e. The van der Waals surface area contributed by atoms with Crippen molar-refractivity contribution in [3.05, 3.63) is 33.9 Å². The first-order chi connectivity index (χ1) is 11.0. The number of carbonyl (C=O) groups excluding carboxylic acids is 1. The second-order valence-corrected chi connectivity index (χ2v) is 5.37. The number of benzene rings is 1. The van der Waals surface area contributed by atoms with E-state index in [9.17, 15) is 28.1 Å². The normalized spacial score (nSPS) is 13.0. The lowest BCUT2D eigenvalue weighted by atomic mass is 10.1. The van der Waals surface area contributed by atoms with Crippen LogP contribution in [0.25, 0.3) is 0 Å². The number of nitro groups is 1. The highest BCUT2D eigenvalue weighted by atomic mass is 19.4. The molecule has 7 nitrogen and oxygen atoms in total. The fourth-order valence-corrected chi connectivity index (χ4v) is 1.85. The number of nitrogens with zero attached hydrogens (tertiary/aromatic N) is 2. The van der Waals surface area contributed by atoms with Crippen molar-refractivity contribution in [3.63, 3.8) is 0 Å². The molecule has 1 amide bonds. The molecule has 1 aromatic rings. The largest absolute Gasteiger partial charge is 0.415 e. The highest BCUT2D eigenvalue weighted by Gasteiger charge is 2.38. The fraction of sp³-hybridized carbons (Fsp3) is 0.500. The number of hydrogen-bond acceptors (Lipinski definition) is 5. The number of anilines is 1. The van der Waals surface area contributed by atoms with Crippen LogP contribution in [-0.2, 0) is 4.79 Å². The predicted molar refractivity (Wildman–Crippen MR) is 80.6 cm³/mol. The van der Waals surface area contributed by atoms with Crippen molar-refractivity contribution in [3.8, 4) is 0 Å². The number of rotatable bonds is 7. The summed E-state index contributed by atoms with van der Waals surface area (Å²) in [7, 11) is 1.35. The topological polar surface area (TPSA) is 95.7 Å². The van der Waals surface area contributed by atoms with E-state index in [1.54, 1.807) is 6.92 Å². The molecule has 1 unspecified atom stereocenters. The van der Waals surface area contributed by atoms with Gasteiger partial charge in [0.05, 0.1) is 10.6 Å². The molecule has 0 aromatic heterocycles. The minimum absolute atomic E-state index is 0.00700. The van der Waals surface area contributed by atoms with Gasteiger partial charge >= 0.3 is 6.18 Å². The first-order valence-electron chi connectivity index (χ1n) is 6.99. The first kappa shape index (κ1) is 19.8. The summed E-state index contributed by atoms with van der Waals surface area (Å²) in [6, 6.07) is 4.00. The van der Waals surface area contributed by atoms with E-state index < -0.39 is 29.7 Å². The molecule has 1 atom stereocenters. The van der Waals surface area contributed by atoms with Crippen molar-refractivity contribution >= 4 is 17.3 Å². The number of hydrogen-bond donors (Lipinski definition) is 2. The number of carbonyl (C=O) groups is 1. The molecular weight excluding hydrogens is 331 g/mol. The summed E-state index contributed by atoms with van der Waals surface area (Å²) in [5.74, 6) is -0.494. The lowest BCUT2D eigenvalue weighted by Gasteiger charge is -2.22. The van der Waals surface area contributed by atoms with Crippen molar-refractivity contribution in [1.29, 1.82) is 0 Å². The molecule has 10 heteroatoms. The third kappa shape index (κ3) is 6.13. The van der Waals surface area contributed by atoms with E-state index in [0.717, 1.165) is 0 Å². The van der Waals surface area contributed by atoms with Gasteiger partial charge in [0.1, 0.15) is 0 Å². The molecule has 0 aliphatic heterocycles. The summed E-state index contributed by atoms with van der Waals surface area (Å²) in [5, 5.41) is 22.2. The van der Waals surface area contributed by atoms with Gasteiger partial charge in [0, 0.05) is 31.6 Å². The third-order valence-corrected chi connectivity index (χ3v) is 3.29. The summed E-state index contributed by atoms with van der Waals surface area (Å²) in [4.78, 5) is 23.1. The first-order valence-corrected chi connectivity index (χ1v) is 6.99. The highest BCUT2D eigenvalue weighted by molar-refractivity contribution is 5.92. The molecule has 0 saturated carbocycles. The van der Waals surface area contributed by atoms with Crippen LogP contribution in [0.3, 0.4) is 0 Å². The van der Waals surface area contributed by atoms with Crippen LogP contribution in [0.1, 0.15) is 12.0 Å². The molecule has 0 bridgehead atoms. The molecule has 0 saturated heterocycles. The molecule has 0 spiro atoms. The Bertz CT molecular complexity index is 607. The zero-order chi connectivity index (χ0) is 18.5. The number of non-ortho nitro benzene ring substituents is 1. The van der Waals surface area contributed by atoms with E-state index in [0.29, 0.717) is 5.56 Å². The molecule has 0 fully saturated rings. The van der Waals surface area contributed by atoms with Crippen LogP contribution in [0.2, 0.25) is 0 Å². The monoisotopic (exact) mass is 349 g/mol. The van der Waals surface area contributed by atoms with Crippen LogP contribution in [0.15, 0.2) is 18.2 Å². The van der Waals surface area contributed by atoms with Gasteiger partial charge < -0.3 is 15.3 Å². The molecule has 0 aliphatic rings. The van der Waals surface area contributed by atoms with Crippen LogP contribution in [-0.4, -0.2) is 53.3 Å². The van der Waals surface area contributed by atoms with Crippen LogP contribution in [0.5, 0.6) is 0 Å². The Morgan fingerprint density at radius 2 is 2.08 bits per heavy atom. The number of nitro benzene ring substituents is 1. The Morgan fingerprint density at radius 1 is 1.46 bits per heavy atom. The second kappa shape index (κ2) is 8.06. The number of aliphatic hydroxyl groups excluding tert-OH is 1. The Kier molecular flexibility index (Phi) is 6.67. The second-order valence-electron chi connectivity index (χ2n) is 5.37. The summed E-state index contributed by atoms with van der Waals surface area (Å²) in [6.45, 7) is 1.00. The van der Waals surface area contributed by atoms with Gasteiger partial charge in [-0.25, -0.2) is 0 Å². The van der Waals surface area contributed by atoms with E-state index in [1.165, 1.54) is 30.1 Å². The molecule has 134 valence electrons. The molecule has 1 rings (SSSR count). The van der Waals surface area contributed by atoms with Crippen molar-refractivity contribution < 1.29 is 28.0 Å². The van der Waals surface area contributed by atoms with Crippen LogP contribution in [0, 0.1) is 17.0 Å². The number of likely N-dealkylation sites (N-methyl/N-ethyl adjacent to an activating group) is 1. The summed E-state index contributed by atoms with van der Waals surface area (Å²) < 4.78 is 36.7. The van der Waals surface area contributed by atoms with Gasteiger partial charge in [0.2, 0.25) is 5.91 Å². The van der Waals surface area contributed by atoms with E-state index in [2.05, 4.69) is 5.32 Å². The number of aryl methyl sites for hydroxylation is 1. The molecular formula is C14H18F3N3O4. The Labute approximate surface area is 136 Å². The Balaban J connectivity index is 2.55. The number of halogens is 3. The predicted octanol–water partition coefficient (Wildman–Crippen LogP) is 2.09. The third-order valence-electron chi connectivity index (χ3n) is 3.29. The minimum atomic E-state index is -4.71. The van der Waals surface area contributed by atoms with Crippen LogP contribution < -0.4 is 5.32 Å².